The fraction of sp³-hybridized carbons (Fsp3) is 0.250. The zero-order valence-electron chi connectivity index (χ0n) is 7.36. The van der Waals surface area contributed by atoms with Crippen LogP contribution in [0.1, 0.15) is 28.2 Å². The summed E-state index contributed by atoms with van der Waals surface area (Å²) in [5.74, 6) is -1.67. The number of carbonyl (C=O) groups excluding carboxylic acids is 1. The third-order valence-electron chi connectivity index (χ3n) is 1.64. The lowest BCUT2D eigenvalue weighted by atomic mass is 10.1. The fourth-order valence-corrected chi connectivity index (χ4v) is 0.982. The molecule has 0 fully saturated rings. The van der Waals surface area contributed by atoms with Crippen molar-refractivity contribution in [2.75, 3.05) is 0 Å². The summed E-state index contributed by atoms with van der Waals surface area (Å²) in [5.41, 5.74) is -4.69. The van der Waals surface area contributed by atoms with E-state index in [4.69, 9.17) is 0 Å². The average Bonchev–Trinajstić information content (AvgIpc) is 2.14. The molecule has 0 N–H and O–H groups in total. The Bertz CT molecular complexity index is 414. The number of aromatic nitrogens is 1. The van der Waals surface area contributed by atoms with Crippen molar-refractivity contribution < 1.29 is 31.1 Å². The number of rotatable bonds is 2. The van der Waals surface area contributed by atoms with Crippen molar-refractivity contribution in [3.63, 3.8) is 0 Å². The summed E-state index contributed by atoms with van der Waals surface area (Å²) in [7, 11) is 0. The normalized spacial score (nSPS) is 11.9. The first-order valence-electron chi connectivity index (χ1n) is 3.78. The lowest BCUT2D eigenvalue weighted by molar-refractivity contribution is -0.141. The summed E-state index contributed by atoms with van der Waals surface area (Å²) in [6, 6.07) is 0.101. The summed E-state index contributed by atoms with van der Waals surface area (Å²) >= 11 is 0. The van der Waals surface area contributed by atoms with E-state index in [2.05, 4.69) is 4.98 Å². The molecule has 0 unspecified atom stereocenters. The Morgan fingerprint density at radius 2 is 1.88 bits per heavy atom. The van der Waals surface area contributed by atoms with Crippen LogP contribution in [0.15, 0.2) is 6.07 Å². The molecule has 1 aromatic heterocycles. The van der Waals surface area contributed by atoms with Gasteiger partial charge in [0.1, 0.15) is 11.5 Å². The maximum absolute atomic E-state index is 12.9. The summed E-state index contributed by atoms with van der Waals surface area (Å²) in [4.78, 5) is 12.7. The predicted molar refractivity (Wildman–Crippen MR) is 39.5 cm³/mol. The maximum atomic E-state index is 12.9. The molecule has 0 aliphatic rings. The van der Waals surface area contributed by atoms with Crippen LogP contribution in [0, 0.1) is 5.82 Å². The van der Waals surface area contributed by atoms with Gasteiger partial charge in [-0.1, -0.05) is 0 Å². The molecule has 0 bridgehead atoms. The van der Waals surface area contributed by atoms with Crippen LogP contribution in [0.25, 0.3) is 0 Å². The van der Waals surface area contributed by atoms with Gasteiger partial charge in [0, 0.05) is 6.07 Å². The van der Waals surface area contributed by atoms with Crippen molar-refractivity contribution >= 4 is 6.29 Å². The summed E-state index contributed by atoms with van der Waals surface area (Å²) < 4.78 is 73.7. The smallest absolute Gasteiger partial charge is 0.298 e. The minimum absolute atomic E-state index is 0.101. The van der Waals surface area contributed by atoms with E-state index in [1.54, 1.807) is 0 Å². The van der Waals surface area contributed by atoms with E-state index in [1.807, 2.05) is 0 Å². The van der Waals surface area contributed by atoms with Gasteiger partial charge in [-0.2, -0.15) is 13.2 Å². The number of pyridine rings is 1. The third-order valence-corrected chi connectivity index (χ3v) is 1.64. The summed E-state index contributed by atoms with van der Waals surface area (Å²) in [5, 5.41) is 0. The lowest BCUT2D eigenvalue weighted by Crippen LogP contribution is -2.15. The molecule has 0 atom stereocenters. The topological polar surface area (TPSA) is 30.0 Å². The second-order valence-electron chi connectivity index (χ2n) is 2.71. The average molecular weight is 243 g/mol. The molecule has 1 rings (SSSR count). The van der Waals surface area contributed by atoms with Crippen molar-refractivity contribution in [1.29, 1.82) is 0 Å². The Balaban J connectivity index is 3.49. The zero-order valence-corrected chi connectivity index (χ0v) is 7.36. The molecule has 0 saturated carbocycles. The molecule has 1 aromatic rings. The van der Waals surface area contributed by atoms with Crippen molar-refractivity contribution in [2.45, 2.75) is 12.6 Å². The van der Waals surface area contributed by atoms with Crippen LogP contribution in [0.3, 0.4) is 0 Å². The minimum Gasteiger partial charge on any atom is -0.298 e. The first-order chi connectivity index (χ1) is 7.27. The van der Waals surface area contributed by atoms with Gasteiger partial charge >= 0.3 is 6.18 Å². The Morgan fingerprint density at radius 1 is 1.31 bits per heavy atom. The highest BCUT2D eigenvalue weighted by Crippen LogP contribution is 2.32. The van der Waals surface area contributed by atoms with Crippen LogP contribution in [-0.2, 0) is 6.18 Å². The quantitative estimate of drug-likeness (QED) is 0.590. The van der Waals surface area contributed by atoms with Gasteiger partial charge in [0.2, 0.25) is 0 Å². The SMILES string of the molecule is O=Cc1c(F)cc(C(F)F)nc1C(F)(F)F. The van der Waals surface area contributed by atoms with Crippen LogP contribution in [-0.4, -0.2) is 11.3 Å². The molecule has 0 spiro atoms. The highest BCUT2D eigenvalue weighted by Gasteiger charge is 2.38. The monoisotopic (exact) mass is 243 g/mol. The van der Waals surface area contributed by atoms with Gasteiger partial charge in [0.15, 0.2) is 12.0 Å². The van der Waals surface area contributed by atoms with Crippen molar-refractivity contribution in [2.24, 2.45) is 0 Å². The van der Waals surface area contributed by atoms with Crippen molar-refractivity contribution in [1.82, 2.24) is 4.98 Å². The van der Waals surface area contributed by atoms with E-state index in [1.165, 1.54) is 0 Å². The van der Waals surface area contributed by atoms with Crippen LogP contribution >= 0.6 is 0 Å². The van der Waals surface area contributed by atoms with E-state index >= 15 is 0 Å². The Kier molecular flexibility index (Phi) is 3.20. The zero-order chi connectivity index (χ0) is 12.5. The number of nitrogens with zero attached hydrogens (tertiary/aromatic N) is 1. The molecule has 0 aliphatic heterocycles. The largest absolute Gasteiger partial charge is 0.434 e. The first-order valence-corrected chi connectivity index (χ1v) is 3.78. The fourth-order valence-electron chi connectivity index (χ4n) is 0.982. The maximum Gasteiger partial charge on any atom is 0.434 e. The van der Waals surface area contributed by atoms with Crippen LogP contribution in [0.5, 0.6) is 0 Å². The highest BCUT2D eigenvalue weighted by atomic mass is 19.4. The van der Waals surface area contributed by atoms with Gasteiger partial charge < -0.3 is 0 Å². The number of hydrogen-bond donors (Lipinski definition) is 0. The van der Waals surface area contributed by atoms with Gasteiger partial charge in [-0.05, 0) is 0 Å². The van der Waals surface area contributed by atoms with Gasteiger partial charge in [0.25, 0.3) is 6.43 Å². The molecule has 0 aliphatic carbocycles. The van der Waals surface area contributed by atoms with Gasteiger partial charge in [-0.25, -0.2) is 18.2 Å². The van der Waals surface area contributed by atoms with E-state index in [0.29, 0.717) is 0 Å². The van der Waals surface area contributed by atoms with Gasteiger partial charge in [0.05, 0.1) is 5.56 Å². The molecule has 8 heteroatoms. The van der Waals surface area contributed by atoms with Crippen LogP contribution in [0.2, 0.25) is 0 Å². The van der Waals surface area contributed by atoms with E-state index in [-0.39, 0.29) is 6.07 Å². The number of alkyl halides is 5. The van der Waals surface area contributed by atoms with Crippen LogP contribution in [0.4, 0.5) is 26.3 Å². The highest BCUT2D eigenvalue weighted by molar-refractivity contribution is 5.77. The first kappa shape index (κ1) is 12.5. The summed E-state index contributed by atoms with van der Waals surface area (Å²) in [6.07, 6.45) is -8.93. The molecule has 1 heterocycles. The molecular weight excluding hydrogens is 240 g/mol. The second-order valence-corrected chi connectivity index (χ2v) is 2.71. The molecule has 2 nitrogen and oxygen atoms in total. The Hall–Kier alpha value is -1.60. The molecule has 88 valence electrons. The molecule has 0 radical (unpaired) electrons. The van der Waals surface area contributed by atoms with E-state index in [9.17, 15) is 31.1 Å². The number of hydrogen-bond acceptors (Lipinski definition) is 2. The molecule has 16 heavy (non-hydrogen) atoms. The minimum atomic E-state index is -5.16. The molecular formula is C8H3F6NO. The lowest BCUT2D eigenvalue weighted by Gasteiger charge is -2.10. The third kappa shape index (κ3) is 2.31. The van der Waals surface area contributed by atoms with Crippen molar-refractivity contribution in [3.05, 3.63) is 28.8 Å². The van der Waals surface area contributed by atoms with Crippen LogP contribution < -0.4 is 0 Å². The second kappa shape index (κ2) is 4.11. The standard InChI is InChI=1S/C8H3F6NO/c9-4-1-5(7(10)11)15-6(3(4)2-16)8(12,13)14/h1-2,7H. The van der Waals surface area contributed by atoms with Gasteiger partial charge in [-0.3, -0.25) is 4.79 Å². The molecule has 0 aromatic carbocycles. The van der Waals surface area contributed by atoms with Crippen molar-refractivity contribution in [3.8, 4) is 0 Å². The predicted octanol–water partition coefficient (Wildman–Crippen LogP) is 2.99. The van der Waals surface area contributed by atoms with Gasteiger partial charge in [-0.15, -0.1) is 0 Å². The molecule has 0 saturated heterocycles. The van der Waals surface area contributed by atoms with E-state index < -0.39 is 41.7 Å². The Morgan fingerprint density at radius 3 is 2.25 bits per heavy atom. The summed E-state index contributed by atoms with van der Waals surface area (Å²) in [6.45, 7) is 0. The number of carbonyl (C=O) groups is 1. The van der Waals surface area contributed by atoms with E-state index in [0.717, 1.165) is 0 Å². The Labute approximate surface area is 84.9 Å². The number of halogens is 6. The number of aldehydes is 1. The molecule has 0 amide bonds.